The zero-order valence-electron chi connectivity index (χ0n) is 12.1. The fraction of sp³-hybridized carbons (Fsp3) is 0.467. The second-order valence-electron chi connectivity index (χ2n) is 4.75. The van der Waals surface area contributed by atoms with Gasteiger partial charge in [-0.05, 0) is 43.5 Å². The molecule has 21 heavy (non-hydrogen) atoms. The Labute approximate surface area is 137 Å². The second-order valence-corrected chi connectivity index (χ2v) is 6.82. The van der Waals surface area contributed by atoms with E-state index < -0.39 is 0 Å². The van der Waals surface area contributed by atoms with E-state index in [1.165, 1.54) is 4.90 Å². The van der Waals surface area contributed by atoms with Gasteiger partial charge in [-0.15, -0.1) is 0 Å². The third-order valence-electron chi connectivity index (χ3n) is 3.18. The van der Waals surface area contributed by atoms with E-state index >= 15 is 0 Å². The highest BCUT2D eigenvalue weighted by molar-refractivity contribution is 9.10. The smallest absolute Gasteiger partial charge is 0.289 e. The molecule has 0 spiro atoms. The molecule has 1 aliphatic heterocycles. The molecule has 6 heteroatoms. The van der Waals surface area contributed by atoms with Crippen LogP contribution in [0.25, 0.3) is 0 Å². The van der Waals surface area contributed by atoms with Crippen LogP contribution in [0.3, 0.4) is 0 Å². The number of amides is 2. The summed E-state index contributed by atoms with van der Waals surface area (Å²) in [5.41, 5.74) is 0.947. The summed E-state index contributed by atoms with van der Waals surface area (Å²) in [4.78, 5) is 25.5. The molecular weight excluding hydrogens is 354 g/mol. The van der Waals surface area contributed by atoms with Gasteiger partial charge in [0.1, 0.15) is 5.75 Å². The lowest BCUT2D eigenvalue weighted by molar-refractivity contribution is -0.126. The lowest BCUT2D eigenvalue weighted by atomic mass is 10.1. The highest BCUT2D eigenvalue weighted by Gasteiger charge is 2.39. The number of thioether (sulfide) groups is 1. The first-order valence-electron chi connectivity index (χ1n) is 7.00. The average molecular weight is 372 g/mol. The van der Waals surface area contributed by atoms with Gasteiger partial charge in [0.05, 0.1) is 11.9 Å². The maximum Gasteiger partial charge on any atom is 0.289 e. The highest BCUT2D eigenvalue weighted by atomic mass is 79.9. The quantitative estimate of drug-likeness (QED) is 0.761. The summed E-state index contributed by atoms with van der Waals surface area (Å²) in [5.74, 6) is 0.685. The first-order valence-corrected chi connectivity index (χ1v) is 8.67. The minimum Gasteiger partial charge on any atom is -0.494 e. The normalized spacial score (nSPS) is 18.4. The Bertz CT molecular complexity index is 550. The summed E-state index contributed by atoms with van der Waals surface area (Å²) in [6, 6.07) is 5.75. The Balaban J connectivity index is 2.17. The largest absolute Gasteiger partial charge is 0.494 e. The Morgan fingerprint density at radius 2 is 2.10 bits per heavy atom. The van der Waals surface area contributed by atoms with Crippen LogP contribution in [0, 0.1) is 0 Å². The monoisotopic (exact) mass is 371 g/mol. The fourth-order valence-electron chi connectivity index (χ4n) is 2.26. The van der Waals surface area contributed by atoms with Gasteiger partial charge in [-0.25, -0.2) is 0 Å². The lowest BCUT2D eigenvalue weighted by Crippen LogP contribution is -2.32. The molecule has 1 aromatic carbocycles. The van der Waals surface area contributed by atoms with E-state index in [1.54, 1.807) is 0 Å². The van der Waals surface area contributed by atoms with E-state index in [9.17, 15) is 9.59 Å². The van der Waals surface area contributed by atoms with Crippen molar-refractivity contribution in [2.24, 2.45) is 0 Å². The number of halogens is 1. The van der Waals surface area contributed by atoms with E-state index in [2.05, 4.69) is 15.9 Å². The van der Waals surface area contributed by atoms with Crippen molar-refractivity contribution in [2.45, 2.75) is 31.9 Å². The van der Waals surface area contributed by atoms with E-state index in [4.69, 9.17) is 4.74 Å². The number of ether oxygens (including phenoxy) is 1. The van der Waals surface area contributed by atoms with Gasteiger partial charge in [-0.1, -0.05) is 34.6 Å². The van der Waals surface area contributed by atoms with Crippen LogP contribution in [0.15, 0.2) is 22.7 Å². The molecule has 0 radical (unpaired) electrons. The SMILES string of the molecule is CCCN1C(=O)S[C@H](Cc2cc(Br)ccc2OCC)C1=O. The molecule has 2 rings (SSSR count). The van der Waals surface area contributed by atoms with Crippen molar-refractivity contribution in [3.05, 3.63) is 28.2 Å². The van der Waals surface area contributed by atoms with Gasteiger partial charge in [-0.2, -0.15) is 0 Å². The van der Waals surface area contributed by atoms with Gasteiger partial charge < -0.3 is 4.74 Å². The Hall–Kier alpha value is -1.01. The predicted octanol–water partition coefficient (Wildman–Crippen LogP) is 3.86. The summed E-state index contributed by atoms with van der Waals surface area (Å²) in [6.07, 6.45) is 1.29. The van der Waals surface area contributed by atoms with Crippen LogP contribution >= 0.6 is 27.7 Å². The maximum atomic E-state index is 12.3. The van der Waals surface area contributed by atoms with Crippen molar-refractivity contribution in [1.82, 2.24) is 4.90 Å². The van der Waals surface area contributed by atoms with Crippen LogP contribution in [0.2, 0.25) is 0 Å². The summed E-state index contributed by atoms with van der Waals surface area (Å²) in [6.45, 7) is 4.95. The molecule has 0 N–H and O–H groups in total. The molecular formula is C15H18BrNO3S. The molecule has 1 fully saturated rings. The van der Waals surface area contributed by atoms with Crippen LogP contribution in [-0.4, -0.2) is 34.4 Å². The number of rotatable bonds is 6. The minimum atomic E-state index is -0.349. The highest BCUT2D eigenvalue weighted by Crippen LogP contribution is 2.33. The first-order chi connectivity index (χ1) is 10.1. The van der Waals surface area contributed by atoms with Crippen LogP contribution in [0.1, 0.15) is 25.8 Å². The fourth-order valence-corrected chi connectivity index (χ4v) is 3.71. The molecule has 0 aromatic heterocycles. The number of carbonyl (C=O) groups excluding carboxylic acids is 2. The zero-order valence-corrected chi connectivity index (χ0v) is 14.5. The molecule has 0 aliphatic carbocycles. The molecule has 0 saturated carbocycles. The predicted molar refractivity (Wildman–Crippen MR) is 87.8 cm³/mol. The molecule has 1 heterocycles. The summed E-state index contributed by atoms with van der Waals surface area (Å²) in [5, 5.41) is -0.489. The average Bonchev–Trinajstić information content (AvgIpc) is 2.70. The van der Waals surface area contributed by atoms with Gasteiger partial charge in [0.15, 0.2) is 0 Å². The van der Waals surface area contributed by atoms with Gasteiger partial charge in [0.2, 0.25) is 5.91 Å². The molecule has 1 atom stereocenters. The van der Waals surface area contributed by atoms with Gasteiger partial charge in [-0.3, -0.25) is 14.5 Å². The third-order valence-corrected chi connectivity index (χ3v) is 4.75. The van der Waals surface area contributed by atoms with E-state index in [1.807, 2.05) is 32.0 Å². The van der Waals surface area contributed by atoms with E-state index in [0.717, 1.165) is 34.0 Å². The Morgan fingerprint density at radius 1 is 1.33 bits per heavy atom. The molecule has 4 nitrogen and oxygen atoms in total. The molecule has 2 amide bonds. The second kappa shape index (κ2) is 7.31. The van der Waals surface area contributed by atoms with Crippen molar-refractivity contribution in [1.29, 1.82) is 0 Å². The van der Waals surface area contributed by atoms with Crippen molar-refractivity contribution in [3.8, 4) is 5.75 Å². The summed E-state index contributed by atoms with van der Waals surface area (Å²) in [7, 11) is 0. The van der Waals surface area contributed by atoms with Crippen LogP contribution < -0.4 is 4.74 Å². The van der Waals surface area contributed by atoms with Crippen LogP contribution in [-0.2, 0) is 11.2 Å². The molecule has 1 saturated heterocycles. The molecule has 0 unspecified atom stereocenters. The molecule has 114 valence electrons. The van der Waals surface area contributed by atoms with Gasteiger partial charge >= 0.3 is 0 Å². The number of nitrogens with zero attached hydrogens (tertiary/aromatic N) is 1. The number of carbonyl (C=O) groups is 2. The van der Waals surface area contributed by atoms with Crippen molar-refractivity contribution in [3.63, 3.8) is 0 Å². The Kier molecular flexibility index (Phi) is 5.70. The van der Waals surface area contributed by atoms with Crippen LogP contribution in [0.5, 0.6) is 5.75 Å². The zero-order chi connectivity index (χ0) is 15.4. The van der Waals surface area contributed by atoms with Crippen molar-refractivity contribution < 1.29 is 14.3 Å². The lowest BCUT2D eigenvalue weighted by Gasteiger charge is -2.14. The third kappa shape index (κ3) is 3.80. The van der Waals surface area contributed by atoms with Crippen LogP contribution in [0.4, 0.5) is 4.79 Å². The van der Waals surface area contributed by atoms with E-state index in [-0.39, 0.29) is 16.4 Å². The van der Waals surface area contributed by atoms with Crippen molar-refractivity contribution >= 4 is 38.8 Å². The van der Waals surface area contributed by atoms with Crippen molar-refractivity contribution in [2.75, 3.05) is 13.2 Å². The molecule has 1 aromatic rings. The molecule has 0 bridgehead atoms. The summed E-state index contributed by atoms with van der Waals surface area (Å²) < 4.78 is 6.54. The molecule has 1 aliphatic rings. The Morgan fingerprint density at radius 3 is 2.76 bits per heavy atom. The first kappa shape index (κ1) is 16.4. The van der Waals surface area contributed by atoms with Gasteiger partial charge in [0, 0.05) is 11.0 Å². The van der Waals surface area contributed by atoms with E-state index in [0.29, 0.717) is 19.6 Å². The number of imide groups is 1. The topological polar surface area (TPSA) is 46.6 Å². The maximum absolute atomic E-state index is 12.3. The standard InChI is InChI=1S/C15H18BrNO3S/c1-3-7-17-14(18)13(21-15(17)19)9-10-8-11(16)5-6-12(10)20-4-2/h5-6,8,13H,3-4,7,9H2,1-2H3/t13-/m1/s1. The van der Waals surface area contributed by atoms with Gasteiger partial charge in [0.25, 0.3) is 5.24 Å². The minimum absolute atomic E-state index is 0.0886. The number of hydrogen-bond acceptors (Lipinski definition) is 4. The number of benzene rings is 1. The summed E-state index contributed by atoms with van der Waals surface area (Å²) >= 11 is 4.55. The number of hydrogen-bond donors (Lipinski definition) is 0.